The SMILES string of the molecule is CCOC1CCCN(S(=O)(=O)c2cc(Br)ccc2Br)C1. The number of rotatable bonds is 4. The lowest BCUT2D eigenvalue weighted by Gasteiger charge is -2.31. The third kappa shape index (κ3) is 3.62. The zero-order chi connectivity index (χ0) is 14.8. The van der Waals surface area contributed by atoms with Crippen LogP contribution in [-0.4, -0.2) is 38.5 Å². The molecular weight excluding hydrogens is 410 g/mol. The van der Waals surface area contributed by atoms with E-state index in [1.165, 1.54) is 4.31 Å². The minimum atomic E-state index is -3.49. The van der Waals surface area contributed by atoms with Crippen LogP contribution in [0.4, 0.5) is 0 Å². The van der Waals surface area contributed by atoms with Crippen molar-refractivity contribution in [1.82, 2.24) is 4.31 Å². The molecule has 1 heterocycles. The van der Waals surface area contributed by atoms with Crippen molar-refractivity contribution in [3.63, 3.8) is 0 Å². The van der Waals surface area contributed by atoms with Crippen molar-refractivity contribution in [3.05, 3.63) is 27.1 Å². The molecule has 1 saturated heterocycles. The quantitative estimate of drug-likeness (QED) is 0.741. The van der Waals surface area contributed by atoms with Crippen LogP contribution in [0.2, 0.25) is 0 Å². The van der Waals surface area contributed by atoms with E-state index in [4.69, 9.17) is 4.74 Å². The summed E-state index contributed by atoms with van der Waals surface area (Å²) in [6.45, 7) is 3.51. The highest BCUT2D eigenvalue weighted by molar-refractivity contribution is 9.11. The molecule has 20 heavy (non-hydrogen) atoms. The number of nitrogens with zero attached hydrogens (tertiary/aromatic N) is 1. The fraction of sp³-hybridized carbons (Fsp3) is 0.538. The van der Waals surface area contributed by atoms with Crippen LogP contribution in [0.5, 0.6) is 0 Å². The monoisotopic (exact) mass is 425 g/mol. The third-order valence-electron chi connectivity index (χ3n) is 3.25. The lowest BCUT2D eigenvalue weighted by atomic mass is 10.1. The Kier molecular flexibility index (Phi) is 5.64. The van der Waals surface area contributed by atoms with Crippen molar-refractivity contribution < 1.29 is 13.2 Å². The van der Waals surface area contributed by atoms with Crippen LogP contribution in [0, 0.1) is 0 Å². The summed E-state index contributed by atoms with van der Waals surface area (Å²) in [5.41, 5.74) is 0. The highest BCUT2D eigenvalue weighted by Crippen LogP contribution is 2.30. The van der Waals surface area contributed by atoms with Crippen LogP contribution in [0.15, 0.2) is 32.0 Å². The molecule has 0 bridgehead atoms. The van der Waals surface area contributed by atoms with Gasteiger partial charge in [-0.15, -0.1) is 0 Å². The summed E-state index contributed by atoms with van der Waals surface area (Å²) < 4.78 is 33.9. The summed E-state index contributed by atoms with van der Waals surface area (Å²) in [5.74, 6) is 0. The number of halogens is 2. The van der Waals surface area contributed by atoms with E-state index in [9.17, 15) is 8.42 Å². The maximum Gasteiger partial charge on any atom is 0.244 e. The molecule has 0 spiro atoms. The molecule has 0 aliphatic carbocycles. The van der Waals surface area contributed by atoms with Crippen molar-refractivity contribution in [3.8, 4) is 0 Å². The number of ether oxygens (including phenoxy) is 1. The minimum absolute atomic E-state index is 0.00514. The van der Waals surface area contributed by atoms with Gasteiger partial charge in [-0.3, -0.25) is 0 Å². The topological polar surface area (TPSA) is 46.6 Å². The number of piperidine rings is 1. The summed E-state index contributed by atoms with van der Waals surface area (Å²) >= 11 is 6.64. The second-order valence-electron chi connectivity index (χ2n) is 4.66. The van der Waals surface area contributed by atoms with Crippen LogP contribution in [-0.2, 0) is 14.8 Å². The molecule has 1 unspecified atom stereocenters. The largest absolute Gasteiger partial charge is 0.377 e. The Balaban J connectivity index is 2.27. The van der Waals surface area contributed by atoms with Gasteiger partial charge in [0.2, 0.25) is 10.0 Å². The van der Waals surface area contributed by atoms with Gasteiger partial charge in [0.25, 0.3) is 0 Å². The third-order valence-corrected chi connectivity index (χ3v) is 6.61. The van der Waals surface area contributed by atoms with E-state index >= 15 is 0 Å². The Morgan fingerprint density at radius 1 is 1.40 bits per heavy atom. The van der Waals surface area contributed by atoms with Crippen molar-refractivity contribution >= 4 is 41.9 Å². The Hall–Kier alpha value is 0.0500. The first kappa shape index (κ1) is 16.4. The first-order valence-corrected chi connectivity index (χ1v) is 9.54. The highest BCUT2D eigenvalue weighted by atomic mass is 79.9. The van der Waals surface area contributed by atoms with Gasteiger partial charge in [-0.05, 0) is 53.9 Å². The summed E-state index contributed by atoms with van der Waals surface area (Å²) in [4.78, 5) is 0.295. The van der Waals surface area contributed by atoms with Crippen molar-refractivity contribution in [1.29, 1.82) is 0 Å². The van der Waals surface area contributed by atoms with E-state index in [1.807, 2.05) is 13.0 Å². The molecule has 0 aromatic heterocycles. The smallest absolute Gasteiger partial charge is 0.244 e. The Morgan fingerprint density at radius 2 is 2.15 bits per heavy atom. The summed E-state index contributed by atoms with van der Waals surface area (Å²) in [6, 6.07) is 5.17. The van der Waals surface area contributed by atoms with E-state index < -0.39 is 10.0 Å². The van der Waals surface area contributed by atoms with Gasteiger partial charge < -0.3 is 4.74 Å². The molecule has 2 rings (SSSR count). The second-order valence-corrected chi connectivity index (χ2v) is 8.33. The molecular formula is C13H17Br2NO3S. The van der Waals surface area contributed by atoms with E-state index in [2.05, 4.69) is 31.9 Å². The van der Waals surface area contributed by atoms with Gasteiger partial charge in [0, 0.05) is 28.6 Å². The van der Waals surface area contributed by atoms with Crippen LogP contribution < -0.4 is 0 Å². The van der Waals surface area contributed by atoms with E-state index in [0.717, 1.165) is 17.3 Å². The number of sulfonamides is 1. The Bertz CT molecular complexity index is 575. The lowest BCUT2D eigenvalue weighted by Crippen LogP contribution is -2.43. The molecule has 1 atom stereocenters. The summed E-state index contributed by atoms with van der Waals surface area (Å²) in [6.07, 6.45) is 1.74. The van der Waals surface area contributed by atoms with E-state index in [1.54, 1.807) is 12.1 Å². The number of hydrogen-bond acceptors (Lipinski definition) is 3. The zero-order valence-electron chi connectivity index (χ0n) is 11.2. The van der Waals surface area contributed by atoms with Gasteiger partial charge in [0.1, 0.15) is 0 Å². The lowest BCUT2D eigenvalue weighted by molar-refractivity contribution is 0.0265. The fourth-order valence-corrected chi connectivity index (χ4v) is 5.28. The number of hydrogen-bond donors (Lipinski definition) is 0. The van der Waals surface area contributed by atoms with Crippen LogP contribution >= 0.6 is 31.9 Å². The molecule has 0 N–H and O–H groups in total. The summed E-state index contributed by atoms with van der Waals surface area (Å²) in [7, 11) is -3.49. The molecule has 1 aromatic rings. The molecule has 7 heteroatoms. The predicted octanol–water partition coefficient (Wildman–Crippen LogP) is 3.40. The standard InChI is InChI=1S/C13H17Br2NO3S/c1-2-19-11-4-3-7-16(9-11)20(17,18)13-8-10(14)5-6-12(13)15/h5-6,8,11H,2-4,7,9H2,1H3. The normalized spacial score (nSPS) is 21.1. The fourth-order valence-electron chi connectivity index (χ4n) is 2.31. The summed E-state index contributed by atoms with van der Waals surface area (Å²) in [5, 5.41) is 0. The van der Waals surface area contributed by atoms with Gasteiger partial charge in [0.05, 0.1) is 11.0 Å². The van der Waals surface area contributed by atoms with Gasteiger partial charge >= 0.3 is 0 Å². The second kappa shape index (κ2) is 6.87. The van der Waals surface area contributed by atoms with Crippen LogP contribution in [0.3, 0.4) is 0 Å². The molecule has 1 fully saturated rings. The maximum atomic E-state index is 12.7. The van der Waals surface area contributed by atoms with Gasteiger partial charge in [-0.1, -0.05) is 15.9 Å². The minimum Gasteiger partial charge on any atom is -0.377 e. The predicted molar refractivity (Wildman–Crippen MR) is 85.2 cm³/mol. The average Bonchev–Trinajstić information content (AvgIpc) is 2.42. The highest BCUT2D eigenvalue weighted by Gasteiger charge is 2.31. The molecule has 0 amide bonds. The first-order chi connectivity index (χ1) is 9.45. The van der Waals surface area contributed by atoms with Crippen LogP contribution in [0.25, 0.3) is 0 Å². The van der Waals surface area contributed by atoms with Crippen molar-refractivity contribution in [2.24, 2.45) is 0 Å². The molecule has 1 aromatic carbocycles. The molecule has 0 saturated carbocycles. The van der Waals surface area contributed by atoms with Crippen molar-refractivity contribution in [2.75, 3.05) is 19.7 Å². The van der Waals surface area contributed by atoms with Gasteiger partial charge in [0.15, 0.2) is 0 Å². The molecule has 0 radical (unpaired) electrons. The molecule has 4 nitrogen and oxygen atoms in total. The maximum absolute atomic E-state index is 12.7. The Labute approximate surface area is 136 Å². The van der Waals surface area contributed by atoms with Gasteiger partial charge in [-0.2, -0.15) is 4.31 Å². The first-order valence-electron chi connectivity index (χ1n) is 6.52. The molecule has 112 valence electrons. The number of benzene rings is 1. The average molecular weight is 427 g/mol. The molecule has 1 aliphatic heterocycles. The van der Waals surface area contributed by atoms with Crippen LogP contribution in [0.1, 0.15) is 19.8 Å². The van der Waals surface area contributed by atoms with E-state index in [-0.39, 0.29) is 6.10 Å². The van der Waals surface area contributed by atoms with E-state index in [0.29, 0.717) is 29.1 Å². The molecule has 1 aliphatic rings. The van der Waals surface area contributed by atoms with Crippen molar-refractivity contribution in [2.45, 2.75) is 30.8 Å². The Morgan fingerprint density at radius 3 is 2.85 bits per heavy atom. The zero-order valence-corrected chi connectivity index (χ0v) is 15.2. The van der Waals surface area contributed by atoms with Gasteiger partial charge in [-0.25, -0.2) is 8.42 Å².